The first-order valence-corrected chi connectivity index (χ1v) is 12.2. The van der Waals surface area contributed by atoms with Gasteiger partial charge in [0.05, 0.1) is 29.3 Å². The summed E-state index contributed by atoms with van der Waals surface area (Å²) in [6, 6.07) is 16.4. The summed E-state index contributed by atoms with van der Waals surface area (Å²) >= 11 is 0. The third-order valence-electron chi connectivity index (χ3n) is 5.00. The SMILES string of the molecule is CCOC(=O)C(C(=O)OCC)C(OCC)c1cc2ccccc2n1S(=O)(=O)c1ccccc1. The Hall–Kier alpha value is -3.17. The number of hydrogen-bond donors (Lipinski definition) is 0. The summed E-state index contributed by atoms with van der Waals surface area (Å²) in [5, 5.41) is 0.614. The van der Waals surface area contributed by atoms with E-state index in [-0.39, 0.29) is 30.4 Å². The third kappa shape index (κ3) is 4.94. The molecule has 0 aliphatic heterocycles. The molecule has 8 nitrogen and oxygen atoms in total. The fourth-order valence-corrected chi connectivity index (χ4v) is 5.23. The lowest BCUT2D eigenvalue weighted by Gasteiger charge is -2.25. The Bertz CT molecular complexity index is 1200. The van der Waals surface area contributed by atoms with Crippen LogP contribution in [0.5, 0.6) is 0 Å². The summed E-state index contributed by atoms with van der Waals surface area (Å²) in [6.45, 7) is 5.13. The molecule has 0 saturated heterocycles. The minimum Gasteiger partial charge on any atom is -0.465 e. The number of esters is 2. The molecule has 2 aromatic carbocycles. The van der Waals surface area contributed by atoms with Crippen molar-refractivity contribution in [1.82, 2.24) is 3.97 Å². The van der Waals surface area contributed by atoms with Crippen LogP contribution in [0.15, 0.2) is 65.6 Å². The van der Waals surface area contributed by atoms with Crippen LogP contribution < -0.4 is 0 Å². The van der Waals surface area contributed by atoms with Gasteiger partial charge in [0.15, 0.2) is 5.92 Å². The maximum absolute atomic E-state index is 13.7. The molecule has 0 aliphatic carbocycles. The van der Waals surface area contributed by atoms with Crippen LogP contribution in [0.1, 0.15) is 32.6 Å². The Morgan fingerprint density at radius 2 is 1.42 bits per heavy atom. The minimum atomic E-state index is -4.09. The zero-order chi connectivity index (χ0) is 24.0. The molecule has 0 fully saturated rings. The summed E-state index contributed by atoms with van der Waals surface area (Å²) < 4.78 is 44.7. The van der Waals surface area contributed by atoms with Crippen molar-refractivity contribution in [3.63, 3.8) is 0 Å². The van der Waals surface area contributed by atoms with Crippen molar-refractivity contribution in [3.8, 4) is 0 Å². The van der Waals surface area contributed by atoms with Crippen molar-refractivity contribution in [2.75, 3.05) is 19.8 Å². The number of hydrogen-bond acceptors (Lipinski definition) is 7. The molecule has 9 heteroatoms. The van der Waals surface area contributed by atoms with Crippen molar-refractivity contribution in [3.05, 3.63) is 66.4 Å². The Labute approximate surface area is 193 Å². The van der Waals surface area contributed by atoms with Crippen LogP contribution in [0.4, 0.5) is 0 Å². The highest BCUT2D eigenvalue weighted by Crippen LogP contribution is 2.35. The van der Waals surface area contributed by atoms with Crippen molar-refractivity contribution in [2.45, 2.75) is 31.8 Å². The number of carbonyl (C=O) groups is 2. The number of rotatable bonds is 10. The summed E-state index contributed by atoms with van der Waals surface area (Å²) in [4.78, 5) is 25.7. The van der Waals surface area contributed by atoms with Crippen LogP contribution in [0, 0.1) is 5.92 Å². The molecular weight excluding hydrogens is 446 g/mol. The Balaban J connectivity index is 2.30. The molecule has 176 valence electrons. The van der Waals surface area contributed by atoms with Gasteiger partial charge in [-0.15, -0.1) is 0 Å². The van der Waals surface area contributed by atoms with Gasteiger partial charge in [0.1, 0.15) is 6.10 Å². The van der Waals surface area contributed by atoms with Gasteiger partial charge in [0, 0.05) is 12.0 Å². The van der Waals surface area contributed by atoms with E-state index in [9.17, 15) is 18.0 Å². The minimum absolute atomic E-state index is 0.0406. The fraction of sp³-hybridized carbons (Fsp3) is 0.333. The van der Waals surface area contributed by atoms with Gasteiger partial charge in [-0.25, -0.2) is 12.4 Å². The first kappa shape index (κ1) is 24.5. The van der Waals surface area contributed by atoms with Gasteiger partial charge in [-0.05, 0) is 45.0 Å². The molecule has 0 amide bonds. The highest BCUT2D eigenvalue weighted by atomic mass is 32.2. The first-order chi connectivity index (χ1) is 15.9. The molecule has 3 rings (SSSR count). The monoisotopic (exact) mass is 473 g/mol. The van der Waals surface area contributed by atoms with Gasteiger partial charge >= 0.3 is 11.9 Å². The third-order valence-corrected chi connectivity index (χ3v) is 6.75. The zero-order valence-electron chi connectivity index (χ0n) is 18.8. The second-order valence-electron chi connectivity index (χ2n) is 7.07. The molecule has 0 saturated carbocycles. The molecule has 1 atom stereocenters. The van der Waals surface area contributed by atoms with E-state index in [1.807, 2.05) is 0 Å². The maximum Gasteiger partial charge on any atom is 0.323 e. The molecule has 0 spiro atoms. The molecule has 0 radical (unpaired) electrons. The molecule has 0 bridgehead atoms. The molecule has 0 N–H and O–H groups in total. The number of fused-ring (bicyclic) bond motifs is 1. The Kier molecular flexibility index (Phi) is 7.88. The van der Waals surface area contributed by atoms with E-state index in [1.165, 1.54) is 12.1 Å². The lowest BCUT2D eigenvalue weighted by atomic mass is 9.99. The van der Waals surface area contributed by atoms with Crippen LogP contribution in [0.3, 0.4) is 0 Å². The van der Waals surface area contributed by atoms with E-state index in [1.54, 1.807) is 69.3 Å². The Morgan fingerprint density at radius 1 is 0.848 bits per heavy atom. The average molecular weight is 474 g/mol. The van der Waals surface area contributed by atoms with E-state index in [0.29, 0.717) is 10.9 Å². The van der Waals surface area contributed by atoms with Crippen molar-refractivity contribution >= 4 is 32.9 Å². The van der Waals surface area contributed by atoms with Crippen LogP contribution in [-0.4, -0.2) is 44.1 Å². The molecule has 1 unspecified atom stereocenters. The number of benzene rings is 2. The molecule has 3 aromatic rings. The summed E-state index contributed by atoms with van der Waals surface area (Å²) in [5.41, 5.74) is 0.528. The van der Waals surface area contributed by atoms with E-state index in [4.69, 9.17) is 14.2 Å². The number of ether oxygens (including phenoxy) is 3. The first-order valence-electron chi connectivity index (χ1n) is 10.7. The topological polar surface area (TPSA) is 101 Å². The Morgan fingerprint density at radius 3 is 2.00 bits per heavy atom. The largest absolute Gasteiger partial charge is 0.465 e. The standard InChI is InChI=1S/C24H27NO7S/c1-4-30-22(21(23(26)31-5-2)24(27)32-6-3)20-16-17-12-10-11-15-19(17)25(20)33(28,29)18-13-8-7-9-14-18/h7-16,21-22H,4-6H2,1-3H3. The van der Waals surface area contributed by atoms with Crippen LogP contribution >= 0.6 is 0 Å². The smallest absolute Gasteiger partial charge is 0.323 e. The van der Waals surface area contributed by atoms with Gasteiger partial charge in [-0.2, -0.15) is 0 Å². The lowest BCUT2D eigenvalue weighted by molar-refractivity contribution is -0.169. The highest BCUT2D eigenvalue weighted by Gasteiger charge is 2.42. The van der Waals surface area contributed by atoms with E-state index < -0.39 is 34.0 Å². The maximum atomic E-state index is 13.7. The van der Waals surface area contributed by atoms with Crippen molar-refractivity contribution < 1.29 is 32.2 Å². The summed E-state index contributed by atoms with van der Waals surface area (Å²) in [6.07, 6.45) is -1.25. The van der Waals surface area contributed by atoms with Crippen LogP contribution in [0.25, 0.3) is 10.9 Å². The lowest BCUT2D eigenvalue weighted by Crippen LogP contribution is -2.36. The zero-order valence-corrected chi connectivity index (χ0v) is 19.6. The summed E-state index contributed by atoms with van der Waals surface area (Å²) in [7, 11) is -4.09. The van der Waals surface area contributed by atoms with E-state index in [0.717, 1.165) is 3.97 Å². The summed E-state index contributed by atoms with van der Waals surface area (Å²) in [5.74, 6) is -3.19. The normalized spacial score (nSPS) is 12.6. The van der Waals surface area contributed by atoms with E-state index >= 15 is 0 Å². The van der Waals surface area contributed by atoms with Gasteiger partial charge in [0.2, 0.25) is 0 Å². The van der Waals surface area contributed by atoms with Crippen molar-refractivity contribution in [2.24, 2.45) is 5.92 Å². The number of carbonyl (C=O) groups excluding carboxylic acids is 2. The van der Waals surface area contributed by atoms with Crippen molar-refractivity contribution in [1.29, 1.82) is 0 Å². The number of nitrogens with zero attached hydrogens (tertiary/aromatic N) is 1. The van der Waals surface area contributed by atoms with Crippen LogP contribution in [0.2, 0.25) is 0 Å². The molecule has 1 heterocycles. The fourth-order valence-electron chi connectivity index (χ4n) is 3.65. The number of aromatic nitrogens is 1. The van der Waals surface area contributed by atoms with Gasteiger partial charge in [-0.3, -0.25) is 9.59 Å². The predicted octanol–water partition coefficient (Wildman–Crippen LogP) is 3.70. The van der Waals surface area contributed by atoms with Gasteiger partial charge < -0.3 is 14.2 Å². The number of para-hydroxylation sites is 1. The predicted molar refractivity (Wildman–Crippen MR) is 122 cm³/mol. The second-order valence-corrected chi connectivity index (χ2v) is 8.85. The molecule has 33 heavy (non-hydrogen) atoms. The quantitative estimate of drug-likeness (QED) is 0.327. The second kappa shape index (κ2) is 10.6. The molecule has 1 aromatic heterocycles. The van der Waals surface area contributed by atoms with Gasteiger partial charge in [0.25, 0.3) is 10.0 Å². The average Bonchev–Trinajstić information content (AvgIpc) is 3.20. The van der Waals surface area contributed by atoms with E-state index in [2.05, 4.69) is 0 Å². The van der Waals surface area contributed by atoms with Crippen LogP contribution in [-0.2, 0) is 33.8 Å². The van der Waals surface area contributed by atoms with Gasteiger partial charge in [-0.1, -0.05) is 36.4 Å². The molecule has 0 aliphatic rings. The highest BCUT2D eigenvalue weighted by molar-refractivity contribution is 7.90. The molecular formula is C24H27NO7S.